The van der Waals surface area contributed by atoms with Crippen molar-refractivity contribution in [1.29, 1.82) is 0 Å². The predicted molar refractivity (Wildman–Crippen MR) is 41.9 cm³/mol. The zero-order valence-electron chi connectivity index (χ0n) is 6.96. The van der Waals surface area contributed by atoms with E-state index in [1.165, 1.54) is 0 Å². The van der Waals surface area contributed by atoms with Gasteiger partial charge in [0, 0.05) is 0 Å². The van der Waals surface area contributed by atoms with Gasteiger partial charge in [-0.25, -0.2) is 4.57 Å². The van der Waals surface area contributed by atoms with E-state index in [1.54, 1.807) is 0 Å². The molecule has 2 nitrogen and oxygen atoms in total. The fraction of sp³-hybridized carbons (Fsp3) is 0.143. The Balaban J connectivity index is 2.87. The van der Waals surface area contributed by atoms with E-state index in [0.29, 0.717) is 24.3 Å². The van der Waals surface area contributed by atoms with Crippen molar-refractivity contribution in [1.82, 2.24) is 0 Å². The molecule has 0 fully saturated rings. The van der Waals surface area contributed by atoms with Crippen LogP contribution >= 0.6 is 7.99 Å². The summed E-state index contributed by atoms with van der Waals surface area (Å²) in [5, 5.41) is 0. The van der Waals surface area contributed by atoms with Gasteiger partial charge < -0.3 is 4.52 Å². The molecule has 0 aliphatic rings. The summed E-state index contributed by atoms with van der Waals surface area (Å²) in [4.78, 5) is 0. The van der Waals surface area contributed by atoms with Gasteiger partial charge >= 0.3 is 14.2 Å². The van der Waals surface area contributed by atoms with Crippen LogP contribution in [-0.4, -0.2) is 0 Å². The number of halogens is 5. The molecular weight excluding hydrogens is 242 g/mol. The zero-order chi connectivity index (χ0) is 11.7. The summed E-state index contributed by atoms with van der Waals surface area (Å²) in [6.45, 7) is 0. The molecule has 84 valence electrons. The number of hydrogen-bond donors (Lipinski definition) is 0. The summed E-state index contributed by atoms with van der Waals surface area (Å²) in [5.41, 5.74) is -0.998. The van der Waals surface area contributed by atoms with E-state index in [2.05, 4.69) is 4.52 Å². The van der Waals surface area contributed by atoms with Gasteiger partial charge in [-0.2, -0.15) is 13.2 Å². The van der Waals surface area contributed by atoms with Crippen LogP contribution in [0, 0.1) is 0 Å². The molecule has 0 spiro atoms. The Hall–Kier alpha value is -1.10. The third-order valence-electron chi connectivity index (χ3n) is 1.39. The summed E-state index contributed by atoms with van der Waals surface area (Å²) < 4.78 is 73.3. The molecule has 0 unspecified atom stereocenters. The van der Waals surface area contributed by atoms with Gasteiger partial charge in [0.15, 0.2) is 0 Å². The zero-order valence-corrected chi connectivity index (χ0v) is 7.86. The van der Waals surface area contributed by atoms with Gasteiger partial charge in [-0.15, -0.1) is 8.39 Å². The highest BCUT2D eigenvalue weighted by atomic mass is 31.2. The molecule has 1 aromatic rings. The third-order valence-corrected chi connectivity index (χ3v) is 1.82. The molecule has 0 aromatic heterocycles. The molecule has 8 heteroatoms. The van der Waals surface area contributed by atoms with Gasteiger partial charge in [0.05, 0.1) is 5.56 Å². The smallest absolute Gasteiger partial charge is 0.398 e. The Kier molecular flexibility index (Phi) is 3.04. The van der Waals surface area contributed by atoms with Crippen molar-refractivity contribution in [3.63, 3.8) is 0 Å². The lowest BCUT2D eigenvalue weighted by molar-refractivity contribution is -0.137. The maximum absolute atomic E-state index is 12.0. The maximum Gasteiger partial charge on any atom is 0.610 e. The Morgan fingerprint density at radius 3 is 1.87 bits per heavy atom. The lowest BCUT2D eigenvalue weighted by Crippen LogP contribution is -2.03. The van der Waals surface area contributed by atoms with Gasteiger partial charge in [-0.1, -0.05) is 0 Å². The first-order chi connectivity index (χ1) is 6.68. The fourth-order valence-corrected chi connectivity index (χ4v) is 1.19. The van der Waals surface area contributed by atoms with Crippen LogP contribution in [0.4, 0.5) is 21.6 Å². The Labute approximate surface area is 81.4 Å². The summed E-state index contributed by atoms with van der Waals surface area (Å²) >= 11 is 0. The van der Waals surface area contributed by atoms with Gasteiger partial charge in [-0.3, -0.25) is 0 Å². The molecule has 1 aromatic carbocycles. The van der Waals surface area contributed by atoms with E-state index >= 15 is 0 Å². The van der Waals surface area contributed by atoms with Crippen molar-refractivity contribution in [3.05, 3.63) is 29.8 Å². The molecule has 0 bridgehead atoms. The van der Waals surface area contributed by atoms with E-state index in [1.807, 2.05) is 0 Å². The minimum Gasteiger partial charge on any atom is -0.398 e. The molecule has 1 rings (SSSR count). The molecule has 0 aliphatic heterocycles. The summed E-state index contributed by atoms with van der Waals surface area (Å²) in [5.74, 6) is -0.573. The number of alkyl halides is 3. The Morgan fingerprint density at radius 1 is 1.07 bits per heavy atom. The summed E-state index contributed by atoms with van der Waals surface area (Å²) in [6, 6.07) is 2.47. The maximum atomic E-state index is 12.0. The van der Waals surface area contributed by atoms with Crippen molar-refractivity contribution in [2.75, 3.05) is 0 Å². The second-order valence-corrected chi connectivity index (χ2v) is 3.54. The molecular formula is C7H4F5O2P. The monoisotopic (exact) mass is 246 g/mol. The van der Waals surface area contributed by atoms with Crippen LogP contribution in [0.1, 0.15) is 5.56 Å². The van der Waals surface area contributed by atoms with Gasteiger partial charge in [-0.05, 0) is 24.3 Å². The first-order valence-corrected chi connectivity index (χ1v) is 4.95. The normalized spacial score (nSPS) is 12.6. The Morgan fingerprint density at radius 2 is 1.53 bits per heavy atom. The van der Waals surface area contributed by atoms with Gasteiger partial charge in [0.2, 0.25) is 0 Å². The lowest BCUT2D eigenvalue weighted by Gasteiger charge is -2.07. The molecule has 0 atom stereocenters. The van der Waals surface area contributed by atoms with Crippen LogP contribution in [0.2, 0.25) is 0 Å². The van der Waals surface area contributed by atoms with Crippen molar-refractivity contribution >= 4 is 7.99 Å². The van der Waals surface area contributed by atoms with Crippen molar-refractivity contribution in [2.45, 2.75) is 6.18 Å². The molecule has 15 heavy (non-hydrogen) atoms. The quantitative estimate of drug-likeness (QED) is 0.579. The van der Waals surface area contributed by atoms with Gasteiger partial charge in [0.1, 0.15) is 5.75 Å². The molecule has 0 N–H and O–H groups in total. The minimum absolute atomic E-state index is 0.561. The Bertz CT molecular complexity index is 379. The first kappa shape index (κ1) is 12.0. The highest BCUT2D eigenvalue weighted by Gasteiger charge is 2.30. The number of benzene rings is 1. The fourth-order valence-electron chi connectivity index (χ4n) is 0.827. The van der Waals surface area contributed by atoms with Crippen molar-refractivity contribution in [3.8, 4) is 5.75 Å². The van der Waals surface area contributed by atoms with Crippen molar-refractivity contribution < 1.29 is 30.7 Å². The SMILES string of the molecule is O=P(F)(F)Oc1ccc(C(F)(F)F)cc1. The topological polar surface area (TPSA) is 26.3 Å². The van der Waals surface area contributed by atoms with E-state index in [-0.39, 0.29) is 0 Å². The van der Waals surface area contributed by atoms with Crippen LogP contribution in [0.5, 0.6) is 5.75 Å². The molecule has 0 aliphatic carbocycles. The second kappa shape index (κ2) is 3.81. The summed E-state index contributed by atoms with van der Waals surface area (Å²) in [6.07, 6.45) is -4.55. The molecule has 0 radical (unpaired) electrons. The van der Waals surface area contributed by atoms with E-state index in [9.17, 15) is 26.1 Å². The average Bonchev–Trinajstić information content (AvgIpc) is 2.00. The largest absolute Gasteiger partial charge is 0.610 e. The van der Waals surface area contributed by atoms with Crippen LogP contribution in [0.3, 0.4) is 0 Å². The molecule has 0 amide bonds. The van der Waals surface area contributed by atoms with E-state index < -0.39 is 25.5 Å². The highest BCUT2D eigenvalue weighted by molar-refractivity contribution is 7.48. The van der Waals surface area contributed by atoms with E-state index in [0.717, 1.165) is 0 Å². The lowest BCUT2D eigenvalue weighted by atomic mass is 10.2. The summed E-state index contributed by atoms with van der Waals surface area (Å²) in [7, 11) is -5.72. The average molecular weight is 246 g/mol. The standard InChI is InChI=1S/C7H4F5O2P/c8-7(9,10)5-1-3-6(4-2-5)14-15(11,12)13/h1-4H. The minimum atomic E-state index is -5.72. The van der Waals surface area contributed by atoms with Gasteiger partial charge in [0.25, 0.3) is 0 Å². The van der Waals surface area contributed by atoms with E-state index in [4.69, 9.17) is 0 Å². The number of rotatable bonds is 2. The van der Waals surface area contributed by atoms with Crippen LogP contribution in [0.25, 0.3) is 0 Å². The first-order valence-electron chi connectivity index (χ1n) is 3.55. The molecule has 0 saturated carbocycles. The molecule has 0 saturated heterocycles. The van der Waals surface area contributed by atoms with Crippen LogP contribution in [-0.2, 0) is 10.7 Å². The second-order valence-electron chi connectivity index (χ2n) is 2.53. The van der Waals surface area contributed by atoms with Crippen LogP contribution in [0.15, 0.2) is 24.3 Å². The van der Waals surface area contributed by atoms with Crippen molar-refractivity contribution in [2.24, 2.45) is 0 Å². The highest BCUT2D eigenvalue weighted by Crippen LogP contribution is 2.50. The number of hydrogen-bond acceptors (Lipinski definition) is 2. The predicted octanol–water partition coefficient (Wildman–Crippen LogP) is 4.13. The third kappa shape index (κ3) is 3.87. The van der Waals surface area contributed by atoms with Crippen LogP contribution < -0.4 is 4.52 Å². The molecule has 0 heterocycles.